The summed E-state index contributed by atoms with van der Waals surface area (Å²) in [5, 5.41) is 14.5. The molecule has 0 radical (unpaired) electrons. The molecule has 2 N–H and O–H groups in total. The first-order valence-electron chi connectivity index (χ1n) is 6.98. The zero-order valence-electron chi connectivity index (χ0n) is 13.2. The first-order chi connectivity index (χ1) is 12.3. The summed E-state index contributed by atoms with van der Waals surface area (Å²) < 4.78 is 11.3. The summed E-state index contributed by atoms with van der Waals surface area (Å²) in [6.07, 6.45) is 1.39. The van der Waals surface area contributed by atoms with Crippen molar-refractivity contribution in [2.45, 2.75) is 0 Å². The van der Waals surface area contributed by atoms with Crippen molar-refractivity contribution < 1.29 is 19.4 Å². The molecule has 0 unspecified atom stereocenters. The fraction of sp³-hybridized carbons (Fsp3) is 0.125. The van der Waals surface area contributed by atoms with Crippen LogP contribution in [0.4, 0.5) is 0 Å². The number of hydrazone groups is 1. The van der Waals surface area contributed by atoms with E-state index in [4.69, 9.17) is 32.7 Å². The van der Waals surface area contributed by atoms with Gasteiger partial charge in [-0.1, -0.05) is 23.2 Å². The number of phenols is 1. The van der Waals surface area contributed by atoms with Gasteiger partial charge in [-0.25, -0.2) is 5.43 Å². The van der Waals surface area contributed by atoms with Crippen molar-refractivity contribution in [3.63, 3.8) is 0 Å². The van der Waals surface area contributed by atoms with Crippen LogP contribution in [0.2, 0.25) is 10.0 Å². The highest BCUT2D eigenvalue weighted by molar-refractivity contribution is 9.13. The minimum absolute atomic E-state index is 0.0487. The number of nitrogens with zero attached hydrogens (tertiary/aromatic N) is 1. The lowest BCUT2D eigenvalue weighted by Crippen LogP contribution is -2.24. The monoisotopic (exact) mass is 524 g/mol. The summed E-state index contributed by atoms with van der Waals surface area (Å²) in [7, 11) is 1.43. The summed E-state index contributed by atoms with van der Waals surface area (Å²) >= 11 is 18.4. The first kappa shape index (κ1) is 20.8. The number of amides is 1. The van der Waals surface area contributed by atoms with Crippen LogP contribution in [0.1, 0.15) is 5.56 Å². The number of rotatable bonds is 6. The maximum absolute atomic E-state index is 11.8. The lowest BCUT2D eigenvalue weighted by Gasteiger charge is -2.09. The number of hydrogen-bond acceptors (Lipinski definition) is 5. The summed E-state index contributed by atoms with van der Waals surface area (Å²) in [6.45, 7) is -0.291. The number of benzene rings is 2. The van der Waals surface area contributed by atoms with Crippen molar-refractivity contribution >= 4 is 67.2 Å². The van der Waals surface area contributed by atoms with Crippen LogP contribution in [0.5, 0.6) is 17.2 Å². The lowest BCUT2D eigenvalue weighted by atomic mass is 10.2. The number of methoxy groups -OCH3 is 1. The SMILES string of the molecule is COc1cc(/C=N\NC(=O)COc2cc(Cl)ccc2Cl)c(Br)c(Br)c1O. The highest BCUT2D eigenvalue weighted by Gasteiger charge is 2.14. The Morgan fingerprint density at radius 3 is 2.69 bits per heavy atom. The van der Waals surface area contributed by atoms with Crippen LogP contribution >= 0.6 is 55.1 Å². The number of carbonyl (C=O) groups excluding carboxylic acids is 1. The van der Waals surface area contributed by atoms with Gasteiger partial charge in [0.25, 0.3) is 5.91 Å². The Labute approximate surface area is 176 Å². The van der Waals surface area contributed by atoms with E-state index in [9.17, 15) is 9.90 Å². The van der Waals surface area contributed by atoms with Crippen LogP contribution in [-0.2, 0) is 4.79 Å². The third-order valence-electron chi connectivity index (χ3n) is 3.04. The second-order valence-electron chi connectivity index (χ2n) is 4.80. The molecule has 2 aromatic carbocycles. The van der Waals surface area contributed by atoms with Gasteiger partial charge in [-0.3, -0.25) is 4.79 Å². The molecule has 0 atom stereocenters. The minimum Gasteiger partial charge on any atom is -0.503 e. The Morgan fingerprint density at radius 2 is 2.00 bits per heavy atom. The maximum Gasteiger partial charge on any atom is 0.277 e. The third-order valence-corrected chi connectivity index (χ3v) is 5.74. The molecule has 0 saturated heterocycles. The van der Waals surface area contributed by atoms with Crippen molar-refractivity contribution in [1.82, 2.24) is 5.43 Å². The van der Waals surface area contributed by atoms with E-state index >= 15 is 0 Å². The van der Waals surface area contributed by atoms with Crippen molar-refractivity contribution in [2.75, 3.05) is 13.7 Å². The zero-order chi connectivity index (χ0) is 19.3. The van der Waals surface area contributed by atoms with Gasteiger partial charge < -0.3 is 14.6 Å². The topological polar surface area (TPSA) is 80.2 Å². The number of phenolic OH excluding ortho intramolecular Hbond substituents is 1. The average molecular weight is 527 g/mol. The Morgan fingerprint density at radius 1 is 1.27 bits per heavy atom. The Kier molecular flexibility index (Phi) is 7.57. The molecule has 0 aliphatic heterocycles. The van der Waals surface area contributed by atoms with Gasteiger partial charge in [0, 0.05) is 21.1 Å². The standard InChI is InChI=1S/C16H12Br2Cl2N2O4/c1-25-12-4-8(14(17)15(18)16(12)24)6-21-22-13(23)7-26-11-5-9(19)2-3-10(11)20/h2-6,24H,7H2,1H3,(H,22,23)/b21-6-. The van der Waals surface area contributed by atoms with Crippen LogP contribution in [0.3, 0.4) is 0 Å². The predicted octanol–water partition coefficient (Wildman–Crippen LogP) is 4.76. The van der Waals surface area contributed by atoms with Gasteiger partial charge in [0.1, 0.15) is 5.75 Å². The molecule has 0 heterocycles. The summed E-state index contributed by atoms with van der Waals surface area (Å²) in [5.41, 5.74) is 2.90. The van der Waals surface area contributed by atoms with Crippen molar-refractivity contribution in [3.05, 3.63) is 48.8 Å². The van der Waals surface area contributed by atoms with Gasteiger partial charge in [-0.2, -0.15) is 5.10 Å². The normalized spacial score (nSPS) is 10.8. The quantitative estimate of drug-likeness (QED) is 0.420. The van der Waals surface area contributed by atoms with Gasteiger partial charge >= 0.3 is 0 Å². The molecule has 138 valence electrons. The van der Waals surface area contributed by atoms with E-state index in [2.05, 4.69) is 42.4 Å². The lowest BCUT2D eigenvalue weighted by molar-refractivity contribution is -0.123. The van der Waals surface area contributed by atoms with Crippen LogP contribution in [0.15, 0.2) is 38.3 Å². The number of carbonyl (C=O) groups is 1. The van der Waals surface area contributed by atoms with Crippen LogP contribution < -0.4 is 14.9 Å². The molecule has 10 heteroatoms. The fourth-order valence-electron chi connectivity index (χ4n) is 1.80. The highest BCUT2D eigenvalue weighted by atomic mass is 79.9. The molecule has 0 spiro atoms. The Hall–Kier alpha value is -1.48. The molecular formula is C16H12Br2Cl2N2O4. The second kappa shape index (κ2) is 9.45. The van der Waals surface area contributed by atoms with Crippen molar-refractivity contribution in [1.29, 1.82) is 0 Å². The van der Waals surface area contributed by atoms with Crippen molar-refractivity contribution in [3.8, 4) is 17.2 Å². The van der Waals surface area contributed by atoms with E-state index < -0.39 is 5.91 Å². The number of hydrogen-bond donors (Lipinski definition) is 2. The molecular weight excluding hydrogens is 515 g/mol. The molecule has 0 bridgehead atoms. The number of nitrogens with one attached hydrogen (secondary N) is 1. The molecule has 0 saturated carbocycles. The zero-order valence-corrected chi connectivity index (χ0v) is 17.9. The van der Waals surface area contributed by atoms with E-state index in [0.29, 0.717) is 30.3 Å². The third kappa shape index (κ3) is 5.26. The second-order valence-corrected chi connectivity index (χ2v) is 7.23. The van der Waals surface area contributed by atoms with E-state index in [1.54, 1.807) is 18.2 Å². The number of halogens is 4. The van der Waals surface area contributed by atoms with Crippen LogP contribution in [-0.4, -0.2) is 30.9 Å². The first-order valence-corrected chi connectivity index (χ1v) is 9.32. The summed E-state index contributed by atoms with van der Waals surface area (Å²) in [5.74, 6) is 0.0191. The minimum atomic E-state index is -0.488. The smallest absolute Gasteiger partial charge is 0.277 e. The maximum atomic E-state index is 11.8. The molecule has 26 heavy (non-hydrogen) atoms. The predicted molar refractivity (Wildman–Crippen MR) is 108 cm³/mol. The fourth-order valence-corrected chi connectivity index (χ4v) is 2.96. The Balaban J connectivity index is 1.99. The van der Waals surface area contributed by atoms with Gasteiger partial charge in [0.05, 0.1) is 22.8 Å². The molecule has 0 aliphatic rings. The highest BCUT2D eigenvalue weighted by Crippen LogP contribution is 2.41. The molecule has 6 nitrogen and oxygen atoms in total. The van der Waals surface area contributed by atoms with Crippen LogP contribution in [0.25, 0.3) is 0 Å². The van der Waals surface area contributed by atoms with E-state index in [1.165, 1.54) is 19.4 Å². The van der Waals surface area contributed by atoms with Gasteiger partial charge in [0.2, 0.25) is 0 Å². The average Bonchev–Trinajstić information content (AvgIpc) is 2.62. The summed E-state index contributed by atoms with van der Waals surface area (Å²) in [6, 6.07) is 6.26. The summed E-state index contributed by atoms with van der Waals surface area (Å²) in [4.78, 5) is 11.8. The molecule has 2 aromatic rings. The largest absolute Gasteiger partial charge is 0.503 e. The van der Waals surface area contributed by atoms with E-state index in [0.717, 1.165) is 0 Å². The van der Waals surface area contributed by atoms with Crippen molar-refractivity contribution in [2.24, 2.45) is 5.10 Å². The van der Waals surface area contributed by atoms with E-state index in [-0.39, 0.29) is 18.1 Å². The molecule has 1 amide bonds. The molecule has 0 aliphatic carbocycles. The molecule has 0 aromatic heterocycles. The van der Waals surface area contributed by atoms with Gasteiger partial charge in [-0.15, -0.1) is 0 Å². The van der Waals surface area contributed by atoms with Crippen LogP contribution in [0, 0.1) is 0 Å². The molecule has 0 fully saturated rings. The van der Waals surface area contributed by atoms with E-state index in [1.807, 2.05) is 0 Å². The molecule has 2 rings (SSSR count). The van der Waals surface area contributed by atoms with Gasteiger partial charge in [-0.05, 0) is 50.1 Å². The number of aromatic hydroxyl groups is 1. The van der Waals surface area contributed by atoms with Gasteiger partial charge in [0.15, 0.2) is 18.1 Å². The Bertz CT molecular complexity index is 863. The number of ether oxygens (including phenoxy) is 2.